The Morgan fingerprint density at radius 3 is 2.35 bits per heavy atom. The minimum absolute atomic E-state index is 0.159. The lowest BCUT2D eigenvalue weighted by molar-refractivity contribution is 0.491. The van der Waals surface area contributed by atoms with E-state index in [-0.39, 0.29) is 4.90 Å². The maximum Gasteiger partial charge on any atom is 0.241 e. The molecule has 17 heavy (non-hydrogen) atoms. The molecule has 0 radical (unpaired) electrons. The summed E-state index contributed by atoms with van der Waals surface area (Å²) < 4.78 is 26.8. The Bertz CT molecular complexity index is 563. The van der Waals surface area contributed by atoms with Gasteiger partial charge in [0.15, 0.2) is 0 Å². The Morgan fingerprint density at radius 2 is 1.88 bits per heavy atom. The molecule has 0 heterocycles. The van der Waals surface area contributed by atoms with Gasteiger partial charge in [0.25, 0.3) is 0 Å². The summed E-state index contributed by atoms with van der Waals surface area (Å²) in [5.74, 6) is 0. The smallest absolute Gasteiger partial charge is 0.207 e. The second-order valence-corrected chi connectivity index (χ2v) is 6.60. The molecule has 0 saturated heterocycles. The van der Waals surface area contributed by atoms with E-state index in [0.29, 0.717) is 11.1 Å². The minimum atomic E-state index is -3.58. The molecule has 0 fully saturated rings. The number of aryl methyl sites for hydroxylation is 1. The molecule has 1 rings (SSSR count). The van der Waals surface area contributed by atoms with E-state index in [4.69, 9.17) is 5.26 Å². The Kier molecular flexibility index (Phi) is 3.60. The SMILES string of the molecule is Cc1ccc(C#N)cc1S(=O)(=O)NC(C)(C)C. The summed E-state index contributed by atoms with van der Waals surface area (Å²) in [4.78, 5) is 0.159. The first kappa shape index (κ1) is 13.7. The molecule has 1 aromatic rings. The van der Waals surface area contributed by atoms with E-state index in [1.165, 1.54) is 6.07 Å². The lowest BCUT2D eigenvalue weighted by Crippen LogP contribution is -2.40. The summed E-state index contributed by atoms with van der Waals surface area (Å²) in [5, 5.41) is 8.79. The van der Waals surface area contributed by atoms with Gasteiger partial charge in [0.05, 0.1) is 16.5 Å². The predicted octanol–water partition coefficient (Wildman–Crippen LogP) is 1.94. The van der Waals surface area contributed by atoms with Gasteiger partial charge in [-0.25, -0.2) is 13.1 Å². The fourth-order valence-corrected chi connectivity index (χ4v) is 3.11. The van der Waals surface area contributed by atoms with Gasteiger partial charge < -0.3 is 0 Å². The van der Waals surface area contributed by atoms with Crippen LogP contribution in [0, 0.1) is 18.3 Å². The van der Waals surface area contributed by atoms with Crippen molar-refractivity contribution in [3.8, 4) is 6.07 Å². The first-order valence-corrected chi connectivity index (χ1v) is 6.69. The van der Waals surface area contributed by atoms with Crippen LogP contribution in [0.1, 0.15) is 31.9 Å². The Morgan fingerprint density at radius 1 is 1.29 bits per heavy atom. The van der Waals surface area contributed by atoms with Gasteiger partial charge in [-0.2, -0.15) is 5.26 Å². The van der Waals surface area contributed by atoms with Crippen LogP contribution in [0.5, 0.6) is 0 Å². The average Bonchev–Trinajstić information content (AvgIpc) is 2.14. The Balaban J connectivity index is 3.29. The van der Waals surface area contributed by atoms with Gasteiger partial charge in [-0.05, 0) is 45.4 Å². The molecule has 0 amide bonds. The van der Waals surface area contributed by atoms with Crippen molar-refractivity contribution >= 4 is 10.0 Å². The first-order valence-electron chi connectivity index (χ1n) is 5.20. The number of sulfonamides is 1. The third-order valence-corrected chi connectivity index (χ3v) is 3.95. The fraction of sp³-hybridized carbons (Fsp3) is 0.417. The summed E-state index contributed by atoms with van der Waals surface area (Å²) in [7, 11) is -3.58. The molecule has 0 saturated carbocycles. The van der Waals surface area contributed by atoms with E-state index < -0.39 is 15.6 Å². The molecule has 0 bridgehead atoms. The zero-order valence-electron chi connectivity index (χ0n) is 10.4. The number of benzene rings is 1. The molecule has 92 valence electrons. The molecule has 0 aliphatic heterocycles. The highest BCUT2D eigenvalue weighted by molar-refractivity contribution is 7.89. The standard InChI is InChI=1S/C12H16N2O2S/c1-9-5-6-10(8-13)7-11(9)17(15,16)14-12(2,3)4/h5-7,14H,1-4H3. The highest BCUT2D eigenvalue weighted by atomic mass is 32.2. The number of rotatable bonds is 2. The van der Waals surface area contributed by atoms with Crippen LogP contribution in [-0.4, -0.2) is 14.0 Å². The number of nitriles is 1. The molecular formula is C12H16N2O2S. The van der Waals surface area contributed by atoms with E-state index >= 15 is 0 Å². The Labute approximate surface area is 102 Å². The van der Waals surface area contributed by atoms with Gasteiger partial charge in [-0.15, -0.1) is 0 Å². The number of hydrogen-bond acceptors (Lipinski definition) is 3. The highest BCUT2D eigenvalue weighted by Crippen LogP contribution is 2.18. The van der Waals surface area contributed by atoms with Crippen LogP contribution >= 0.6 is 0 Å². The average molecular weight is 252 g/mol. The van der Waals surface area contributed by atoms with Crippen molar-refractivity contribution in [3.63, 3.8) is 0 Å². The van der Waals surface area contributed by atoms with Crippen LogP contribution in [0.2, 0.25) is 0 Å². The van der Waals surface area contributed by atoms with E-state index in [1.807, 2.05) is 6.07 Å². The second kappa shape index (κ2) is 4.47. The summed E-state index contributed by atoms with van der Waals surface area (Å²) in [5.41, 5.74) is 0.416. The summed E-state index contributed by atoms with van der Waals surface area (Å²) in [6.07, 6.45) is 0. The van der Waals surface area contributed by atoms with Crippen LogP contribution < -0.4 is 4.72 Å². The van der Waals surface area contributed by atoms with E-state index in [1.54, 1.807) is 39.8 Å². The van der Waals surface area contributed by atoms with Crippen molar-refractivity contribution in [2.24, 2.45) is 0 Å². The van der Waals surface area contributed by atoms with Crippen LogP contribution in [0.25, 0.3) is 0 Å². The second-order valence-electron chi connectivity index (χ2n) is 4.95. The molecule has 5 heteroatoms. The van der Waals surface area contributed by atoms with Crippen molar-refractivity contribution in [2.75, 3.05) is 0 Å². The highest BCUT2D eigenvalue weighted by Gasteiger charge is 2.23. The molecule has 0 unspecified atom stereocenters. The van der Waals surface area contributed by atoms with Crippen LogP contribution in [0.15, 0.2) is 23.1 Å². The largest absolute Gasteiger partial charge is 0.241 e. The quantitative estimate of drug-likeness (QED) is 0.874. The minimum Gasteiger partial charge on any atom is -0.207 e. The lowest BCUT2D eigenvalue weighted by Gasteiger charge is -2.21. The van der Waals surface area contributed by atoms with E-state index in [2.05, 4.69) is 4.72 Å². The van der Waals surface area contributed by atoms with Gasteiger partial charge in [0.1, 0.15) is 0 Å². The van der Waals surface area contributed by atoms with Crippen LogP contribution in [0.4, 0.5) is 0 Å². The molecule has 0 aromatic heterocycles. The molecule has 0 aliphatic rings. The first-order chi connectivity index (χ1) is 7.65. The zero-order chi connectivity index (χ0) is 13.3. The van der Waals surface area contributed by atoms with E-state index in [9.17, 15) is 8.42 Å². The fourth-order valence-electron chi connectivity index (χ4n) is 1.42. The zero-order valence-corrected chi connectivity index (χ0v) is 11.2. The maximum absolute atomic E-state index is 12.1. The van der Waals surface area contributed by atoms with Crippen molar-refractivity contribution in [1.82, 2.24) is 4.72 Å². The topological polar surface area (TPSA) is 70.0 Å². The van der Waals surface area contributed by atoms with Gasteiger partial charge in [-0.1, -0.05) is 6.07 Å². The van der Waals surface area contributed by atoms with E-state index in [0.717, 1.165) is 0 Å². The normalized spacial score (nSPS) is 12.2. The van der Waals surface area contributed by atoms with Crippen molar-refractivity contribution < 1.29 is 8.42 Å². The van der Waals surface area contributed by atoms with Crippen molar-refractivity contribution in [1.29, 1.82) is 5.26 Å². The number of nitrogens with zero attached hydrogens (tertiary/aromatic N) is 1. The van der Waals surface area contributed by atoms with Gasteiger partial charge in [-0.3, -0.25) is 0 Å². The summed E-state index contributed by atoms with van der Waals surface area (Å²) in [6, 6.07) is 6.57. The molecule has 4 nitrogen and oxygen atoms in total. The van der Waals surface area contributed by atoms with Crippen LogP contribution in [0.3, 0.4) is 0 Å². The Hall–Kier alpha value is -1.38. The molecule has 0 spiro atoms. The van der Waals surface area contributed by atoms with Gasteiger partial charge >= 0.3 is 0 Å². The van der Waals surface area contributed by atoms with Crippen molar-refractivity contribution in [2.45, 2.75) is 38.1 Å². The third-order valence-electron chi connectivity index (χ3n) is 2.05. The maximum atomic E-state index is 12.1. The van der Waals surface area contributed by atoms with Gasteiger partial charge in [0.2, 0.25) is 10.0 Å². The number of nitrogens with one attached hydrogen (secondary N) is 1. The third kappa shape index (κ3) is 3.55. The molecule has 1 N–H and O–H groups in total. The molecule has 1 aromatic carbocycles. The predicted molar refractivity (Wildman–Crippen MR) is 66.0 cm³/mol. The monoisotopic (exact) mass is 252 g/mol. The van der Waals surface area contributed by atoms with Gasteiger partial charge in [0, 0.05) is 5.54 Å². The van der Waals surface area contributed by atoms with Crippen LogP contribution in [-0.2, 0) is 10.0 Å². The molecule has 0 atom stereocenters. The summed E-state index contributed by atoms with van der Waals surface area (Å²) in [6.45, 7) is 7.02. The summed E-state index contributed by atoms with van der Waals surface area (Å²) >= 11 is 0. The molecule has 0 aliphatic carbocycles. The molecular weight excluding hydrogens is 236 g/mol. The lowest BCUT2D eigenvalue weighted by atomic mass is 10.1. The van der Waals surface area contributed by atoms with Crippen molar-refractivity contribution in [3.05, 3.63) is 29.3 Å². The number of hydrogen-bond donors (Lipinski definition) is 1.